The van der Waals surface area contributed by atoms with Gasteiger partial charge in [0.2, 0.25) is 0 Å². The summed E-state index contributed by atoms with van der Waals surface area (Å²) < 4.78 is 24.6. The van der Waals surface area contributed by atoms with Crippen molar-refractivity contribution < 1.29 is 18.9 Å². The maximum absolute atomic E-state index is 8.50. The molecule has 0 spiro atoms. The van der Waals surface area contributed by atoms with E-state index in [0.29, 0.717) is 25.0 Å². The molecule has 2 aliphatic heterocycles. The molecule has 2 saturated heterocycles. The molecule has 27 heavy (non-hydrogen) atoms. The van der Waals surface area contributed by atoms with Crippen LogP contribution in [0, 0.1) is 11.8 Å². The van der Waals surface area contributed by atoms with Gasteiger partial charge in [-0.05, 0) is 56.0 Å². The molecule has 0 bridgehead atoms. The van der Waals surface area contributed by atoms with E-state index in [4.69, 9.17) is 24.5 Å². The van der Waals surface area contributed by atoms with Gasteiger partial charge in [-0.25, -0.2) is 0 Å². The third-order valence-corrected chi connectivity index (χ3v) is 5.60. The summed E-state index contributed by atoms with van der Waals surface area (Å²) in [6.07, 6.45) is 2.30. The van der Waals surface area contributed by atoms with Crippen molar-refractivity contribution in [2.75, 3.05) is 6.54 Å². The molecule has 7 nitrogen and oxygen atoms in total. The van der Waals surface area contributed by atoms with Crippen LogP contribution < -0.4 is 0 Å². The minimum Gasteiger partial charge on any atom is -0.371 e. The Labute approximate surface area is 159 Å². The average molecular weight is 373 g/mol. The molecule has 1 aromatic rings. The molecule has 1 saturated carbocycles. The molecule has 0 N–H and O–H groups in total. The molecule has 1 aliphatic carbocycles. The van der Waals surface area contributed by atoms with Crippen LogP contribution >= 0.6 is 0 Å². The number of rotatable bonds is 8. The smallest absolute Gasteiger partial charge is 0.187 e. The molecule has 146 valence electrons. The molecule has 0 radical (unpaired) electrons. The van der Waals surface area contributed by atoms with Gasteiger partial charge in [-0.1, -0.05) is 35.4 Å². The number of hydrogen-bond donors (Lipinski definition) is 0. The Morgan fingerprint density at radius 1 is 1.26 bits per heavy atom. The van der Waals surface area contributed by atoms with Crippen LogP contribution in [-0.4, -0.2) is 36.9 Å². The number of azide groups is 1. The Balaban J connectivity index is 1.42. The molecule has 4 rings (SSSR count). The number of ether oxygens (including phenoxy) is 4. The van der Waals surface area contributed by atoms with Crippen LogP contribution in [-0.2, 0) is 25.6 Å². The van der Waals surface area contributed by atoms with Crippen LogP contribution in [0.5, 0.6) is 0 Å². The molecular formula is C20H27N3O4. The van der Waals surface area contributed by atoms with Gasteiger partial charge < -0.3 is 18.9 Å². The van der Waals surface area contributed by atoms with Crippen molar-refractivity contribution in [3.8, 4) is 0 Å². The first kappa shape index (κ1) is 18.7. The highest BCUT2D eigenvalue weighted by atomic mass is 16.8. The molecule has 6 atom stereocenters. The number of fused-ring (bicyclic) bond motifs is 3. The van der Waals surface area contributed by atoms with Gasteiger partial charge in [-0.2, -0.15) is 0 Å². The second-order valence-corrected chi connectivity index (χ2v) is 8.06. The van der Waals surface area contributed by atoms with E-state index >= 15 is 0 Å². The van der Waals surface area contributed by atoms with Crippen molar-refractivity contribution in [2.24, 2.45) is 17.0 Å². The Hall–Kier alpha value is -1.63. The van der Waals surface area contributed by atoms with Crippen molar-refractivity contribution in [1.29, 1.82) is 0 Å². The maximum Gasteiger partial charge on any atom is 0.187 e. The topological polar surface area (TPSA) is 85.7 Å². The van der Waals surface area contributed by atoms with Crippen LogP contribution in [0.3, 0.4) is 0 Å². The molecule has 2 heterocycles. The molecule has 7 heteroatoms. The molecule has 3 aliphatic rings. The lowest BCUT2D eigenvalue weighted by Gasteiger charge is -2.34. The minimum atomic E-state index is -0.598. The number of benzene rings is 1. The molecule has 0 amide bonds. The van der Waals surface area contributed by atoms with Crippen LogP contribution in [0.25, 0.3) is 10.4 Å². The summed E-state index contributed by atoms with van der Waals surface area (Å²) in [6, 6.07) is 10.1. The largest absolute Gasteiger partial charge is 0.371 e. The van der Waals surface area contributed by atoms with Gasteiger partial charge >= 0.3 is 0 Å². The van der Waals surface area contributed by atoms with Crippen molar-refractivity contribution in [1.82, 2.24) is 0 Å². The Morgan fingerprint density at radius 3 is 2.85 bits per heavy atom. The fourth-order valence-corrected chi connectivity index (χ4v) is 4.29. The third kappa shape index (κ3) is 4.28. The third-order valence-electron chi connectivity index (χ3n) is 5.60. The van der Waals surface area contributed by atoms with E-state index in [0.717, 1.165) is 24.8 Å². The van der Waals surface area contributed by atoms with Gasteiger partial charge in [0.05, 0.1) is 18.8 Å². The first-order chi connectivity index (χ1) is 13.1. The number of hydrogen-bond acceptors (Lipinski definition) is 5. The molecule has 3 fully saturated rings. The summed E-state index contributed by atoms with van der Waals surface area (Å²) in [7, 11) is 0. The predicted octanol–water partition coefficient (Wildman–Crippen LogP) is 4.17. The fourth-order valence-electron chi connectivity index (χ4n) is 4.29. The lowest BCUT2D eigenvalue weighted by atomic mass is 9.98. The second kappa shape index (κ2) is 7.78. The normalized spacial score (nSPS) is 34.2. The van der Waals surface area contributed by atoms with Crippen LogP contribution in [0.2, 0.25) is 0 Å². The van der Waals surface area contributed by atoms with E-state index in [9.17, 15) is 0 Å². The highest BCUT2D eigenvalue weighted by molar-refractivity contribution is 5.13. The quantitative estimate of drug-likeness (QED) is 0.296. The van der Waals surface area contributed by atoms with Crippen molar-refractivity contribution in [3.63, 3.8) is 0 Å². The summed E-state index contributed by atoms with van der Waals surface area (Å²) in [4.78, 5) is 2.84. The van der Waals surface area contributed by atoms with Crippen molar-refractivity contribution >= 4 is 0 Å². The van der Waals surface area contributed by atoms with Gasteiger partial charge in [0.1, 0.15) is 6.10 Å². The van der Waals surface area contributed by atoms with Gasteiger partial charge in [0.25, 0.3) is 0 Å². The first-order valence-electron chi connectivity index (χ1n) is 9.75. The van der Waals surface area contributed by atoms with Crippen molar-refractivity contribution in [2.45, 2.75) is 70.1 Å². The van der Waals surface area contributed by atoms with Crippen molar-refractivity contribution in [3.05, 3.63) is 46.3 Å². The van der Waals surface area contributed by atoms with E-state index in [1.165, 1.54) is 0 Å². The molecule has 1 aromatic carbocycles. The van der Waals surface area contributed by atoms with Gasteiger partial charge in [-0.15, -0.1) is 0 Å². The zero-order valence-corrected chi connectivity index (χ0v) is 15.9. The molecule has 0 aromatic heterocycles. The fraction of sp³-hybridized carbons (Fsp3) is 0.700. The van der Waals surface area contributed by atoms with E-state index in [1.807, 2.05) is 32.0 Å². The summed E-state index contributed by atoms with van der Waals surface area (Å²) in [5.74, 6) is 0.332. The number of nitrogens with zero attached hydrogens (tertiary/aromatic N) is 3. The monoisotopic (exact) mass is 373 g/mol. The zero-order chi connectivity index (χ0) is 18.9. The summed E-state index contributed by atoms with van der Waals surface area (Å²) in [6.45, 7) is 4.89. The lowest BCUT2D eigenvalue weighted by molar-refractivity contribution is -0.233. The average Bonchev–Trinajstić information content (AvgIpc) is 3.39. The second-order valence-electron chi connectivity index (χ2n) is 8.06. The summed E-state index contributed by atoms with van der Waals surface area (Å²) >= 11 is 0. The Bertz CT molecular complexity index is 692. The molecule has 5 unspecified atom stereocenters. The molecular weight excluding hydrogens is 346 g/mol. The van der Waals surface area contributed by atoms with Crippen LogP contribution in [0.4, 0.5) is 0 Å². The van der Waals surface area contributed by atoms with Crippen LogP contribution in [0.15, 0.2) is 35.4 Å². The van der Waals surface area contributed by atoms with E-state index < -0.39 is 5.79 Å². The Morgan fingerprint density at radius 2 is 2.07 bits per heavy atom. The standard InChI is InChI=1S/C20H27N3O4/c1-20(2)26-18-15-11-14(15)17(25-19(18)27-20)16(9-6-10-22-23-21)24-12-13-7-4-3-5-8-13/h3-5,7-8,14-19H,6,9-12H2,1-2H3/t14?,15?,16-,17?,18?,19?/m1/s1. The highest BCUT2D eigenvalue weighted by Gasteiger charge is 2.62. The zero-order valence-electron chi connectivity index (χ0n) is 15.9. The first-order valence-corrected chi connectivity index (χ1v) is 9.75. The summed E-state index contributed by atoms with van der Waals surface area (Å²) in [5, 5.41) is 3.65. The predicted molar refractivity (Wildman–Crippen MR) is 98.6 cm³/mol. The van der Waals surface area contributed by atoms with Gasteiger partial charge in [-0.3, -0.25) is 0 Å². The van der Waals surface area contributed by atoms with E-state index in [2.05, 4.69) is 22.2 Å². The van der Waals surface area contributed by atoms with E-state index in [1.54, 1.807) is 0 Å². The van der Waals surface area contributed by atoms with Gasteiger partial charge in [0.15, 0.2) is 12.1 Å². The SMILES string of the molecule is CC1(C)OC2OC([C@@H](CCCN=[N+]=[N-])OCc3ccccc3)C3CC3C2O1. The van der Waals surface area contributed by atoms with Crippen LogP contribution in [0.1, 0.15) is 38.7 Å². The van der Waals surface area contributed by atoms with Gasteiger partial charge in [0, 0.05) is 11.5 Å². The minimum absolute atomic E-state index is 0.0106. The highest BCUT2D eigenvalue weighted by Crippen LogP contribution is 2.56. The maximum atomic E-state index is 8.50. The lowest BCUT2D eigenvalue weighted by Crippen LogP contribution is -2.45. The summed E-state index contributed by atoms with van der Waals surface area (Å²) in [5.41, 5.74) is 9.64. The Kier molecular flexibility index (Phi) is 5.39. The van der Waals surface area contributed by atoms with E-state index in [-0.39, 0.29) is 24.6 Å².